The van der Waals surface area contributed by atoms with Gasteiger partial charge >= 0.3 is 0 Å². The topological polar surface area (TPSA) is 96.9 Å². The van der Waals surface area contributed by atoms with Gasteiger partial charge in [0.2, 0.25) is 5.91 Å². The van der Waals surface area contributed by atoms with Crippen molar-refractivity contribution in [3.8, 4) is 0 Å². The van der Waals surface area contributed by atoms with Crippen LogP contribution in [-0.4, -0.2) is 35.7 Å². The molecule has 6 nitrogen and oxygen atoms in total. The molecule has 0 spiro atoms. The van der Waals surface area contributed by atoms with E-state index in [-0.39, 0.29) is 11.7 Å². The Balaban J connectivity index is 2.50. The third-order valence-corrected chi connectivity index (χ3v) is 3.58. The fourth-order valence-electron chi connectivity index (χ4n) is 2.50. The van der Waals surface area contributed by atoms with Crippen LogP contribution in [-0.2, 0) is 9.53 Å². The van der Waals surface area contributed by atoms with E-state index < -0.39 is 5.54 Å². The van der Waals surface area contributed by atoms with Crippen LogP contribution in [0.5, 0.6) is 0 Å². The minimum Gasteiger partial charge on any atom is -0.409 e. The number of hydrogen-bond acceptors (Lipinski definition) is 4. The van der Waals surface area contributed by atoms with Gasteiger partial charge in [0, 0.05) is 19.6 Å². The van der Waals surface area contributed by atoms with Gasteiger partial charge in [-0.25, -0.2) is 0 Å². The molecule has 0 aliphatic heterocycles. The van der Waals surface area contributed by atoms with E-state index in [1.165, 1.54) is 0 Å². The number of oxime groups is 1. The Hall–Kier alpha value is -1.30. The van der Waals surface area contributed by atoms with Crippen molar-refractivity contribution < 1.29 is 14.7 Å². The van der Waals surface area contributed by atoms with E-state index >= 15 is 0 Å². The van der Waals surface area contributed by atoms with Crippen LogP contribution in [0, 0.1) is 0 Å². The number of nitrogens with zero attached hydrogens (tertiary/aromatic N) is 1. The van der Waals surface area contributed by atoms with Crippen molar-refractivity contribution in [3.05, 3.63) is 0 Å². The summed E-state index contributed by atoms with van der Waals surface area (Å²) in [6.07, 6.45) is 5.65. The summed E-state index contributed by atoms with van der Waals surface area (Å²) in [7, 11) is 0. The zero-order valence-corrected chi connectivity index (χ0v) is 11.7. The quantitative estimate of drug-likeness (QED) is 0.214. The zero-order chi connectivity index (χ0) is 14.1. The first-order valence-electron chi connectivity index (χ1n) is 7.01. The van der Waals surface area contributed by atoms with Crippen LogP contribution in [0.2, 0.25) is 0 Å². The molecule has 1 saturated carbocycles. The van der Waals surface area contributed by atoms with Crippen molar-refractivity contribution in [3.63, 3.8) is 0 Å². The summed E-state index contributed by atoms with van der Waals surface area (Å²) in [5.41, 5.74) is 5.11. The Labute approximate surface area is 114 Å². The SMILES string of the molecule is CCOCCCC(=O)NC1(C(N)=NO)CCCCC1. The molecule has 4 N–H and O–H groups in total. The predicted molar refractivity (Wildman–Crippen MR) is 73.1 cm³/mol. The Bertz CT molecular complexity index is 312. The van der Waals surface area contributed by atoms with E-state index in [1.807, 2.05) is 6.92 Å². The molecule has 0 saturated heterocycles. The van der Waals surface area contributed by atoms with Crippen molar-refractivity contribution in [1.29, 1.82) is 0 Å². The molecule has 110 valence electrons. The molecular weight excluding hydrogens is 246 g/mol. The molecule has 0 unspecified atom stereocenters. The number of amidine groups is 1. The fraction of sp³-hybridized carbons (Fsp3) is 0.846. The van der Waals surface area contributed by atoms with Crippen LogP contribution in [0.1, 0.15) is 51.9 Å². The minimum atomic E-state index is -0.657. The number of rotatable bonds is 7. The molecule has 0 aromatic rings. The van der Waals surface area contributed by atoms with Crippen LogP contribution in [0.4, 0.5) is 0 Å². The number of nitrogens with two attached hydrogens (primary N) is 1. The van der Waals surface area contributed by atoms with Crippen LogP contribution >= 0.6 is 0 Å². The van der Waals surface area contributed by atoms with Crippen LogP contribution in [0.25, 0.3) is 0 Å². The summed E-state index contributed by atoms with van der Waals surface area (Å²) in [5, 5.41) is 15.0. The molecule has 1 fully saturated rings. The number of carbonyl (C=O) groups excluding carboxylic acids is 1. The number of nitrogens with one attached hydrogen (secondary N) is 1. The standard InChI is InChI=1S/C13H25N3O3/c1-2-19-10-6-7-11(17)15-13(12(14)16-18)8-4-3-5-9-13/h18H,2-10H2,1H3,(H2,14,16)(H,15,17). The third-order valence-electron chi connectivity index (χ3n) is 3.58. The van der Waals surface area contributed by atoms with Crippen molar-refractivity contribution in [2.75, 3.05) is 13.2 Å². The van der Waals surface area contributed by atoms with E-state index in [9.17, 15) is 4.79 Å². The first kappa shape index (κ1) is 15.8. The molecule has 1 aliphatic rings. The van der Waals surface area contributed by atoms with E-state index in [1.54, 1.807) is 0 Å². The average molecular weight is 271 g/mol. The van der Waals surface area contributed by atoms with Crippen LogP contribution < -0.4 is 11.1 Å². The second-order valence-corrected chi connectivity index (χ2v) is 4.98. The molecule has 0 heterocycles. The Morgan fingerprint density at radius 3 is 2.68 bits per heavy atom. The molecule has 0 radical (unpaired) electrons. The Kier molecular flexibility index (Phi) is 6.62. The lowest BCUT2D eigenvalue weighted by Crippen LogP contribution is -2.58. The second-order valence-electron chi connectivity index (χ2n) is 4.98. The molecule has 0 aromatic carbocycles. The van der Waals surface area contributed by atoms with E-state index in [0.717, 1.165) is 32.1 Å². The smallest absolute Gasteiger partial charge is 0.220 e. The summed E-state index contributed by atoms with van der Waals surface area (Å²) in [4.78, 5) is 11.9. The minimum absolute atomic E-state index is 0.0618. The fourth-order valence-corrected chi connectivity index (χ4v) is 2.50. The lowest BCUT2D eigenvalue weighted by Gasteiger charge is -2.36. The van der Waals surface area contributed by atoms with Crippen molar-refractivity contribution in [2.24, 2.45) is 10.9 Å². The highest BCUT2D eigenvalue weighted by Crippen LogP contribution is 2.28. The maximum absolute atomic E-state index is 11.9. The molecule has 1 amide bonds. The summed E-state index contributed by atoms with van der Waals surface area (Å²) in [5.74, 6) is 0.0542. The van der Waals surface area contributed by atoms with E-state index in [2.05, 4.69) is 10.5 Å². The normalized spacial score (nSPS) is 19.1. The maximum Gasteiger partial charge on any atom is 0.220 e. The molecule has 19 heavy (non-hydrogen) atoms. The van der Waals surface area contributed by atoms with Crippen LogP contribution in [0.15, 0.2) is 5.16 Å². The number of amides is 1. The van der Waals surface area contributed by atoms with Gasteiger partial charge in [-0.1, -0.05) is 24.4 Å². The largest absolute Gasteiger partial charge is 0.409 e. The first-order chi connectivity index (χ1) is 9.14. The lowest BCUT2D eigenvalue weighted by molar-refractivity contribution is -0.123. The molecule has 0 atom stereocenters. The molecular formula is C13H25N3O3. The summed E-state index contributed by atoms with van der Waals surface area (Å²) in [6.45, 7) is 3.17. The van der Waals surface area contributed by atoms with Crippen molar-refractivity contribution in [2.45, 2.75) is 57.4 Å². The molecule has 0 aromatic heterocycles. The first-order valence-corrected chi connectivity index (χ1v) is 7.01. The highest BCUT2D eigenvalue weighted by Gasteiger charge is 2.37. The Morgan fingerprint density at radius 1 is 1.42 bits per heavy atom. The summed E-state index contributed by atoms with van der Waals surface area (Å²) < 4.78 is 5.20. The van der Waals surface area contributed by atoms with Gasteiger partial charge in [-0.2, -0.15) is 0 Å². The van der Waals surface area contributed by atoms with E-state index in [4.69, 9.17) is 15.7 Å². The van der Waals surface area contributed by atoms with Gasteiger partial charge in [0.05, 0.1) is 0 Å². The maximum atomic E-state index is 11.9. The average Bonchev–Trinajstić information content (AvgIpc) is 2.43. The number of hydrogen-bond donors (Lipinski definition) is 3. The second kappa shape index (κ2) is 7.99. The van der Waals surface area contributed by atoms with Gasteiger partial charge in [-0.15, -0.1) is 0 Å². The number of carbonyl (C=O) groups is 1. The van der Waals surface area contributed by atoms with Crippen molar-refractivity contribution in [1.82, 2.24) is 5.32 Å². The van der Waals surface area contributed by atoms with E-state index in [0.29, 0.717) is 26.1 Å². The lowest BCUT2D eigenvalue weighted by atomic mass is 9.80. The highest BCUT2D eigenvalue weighted by atomic mass is 16.5. The van der Waals surface area contributed by atoms with Gasteiger partial charge in [0.25, 0.3) is 0 Å². The predicted octanol–water partition coefficient (Wildman–Crippen LogP) is 1.37. The molecule has 1 aliphatic carbocycles. The van der Waals surface area contributed by atoms with Gasteiger partial charge < -0.3 is 21.0 Å². The molecule has 6 heteroatoms. The van der Waals surface area contributed by atoms with Crippen LogP contribution in [0.3, 0.4) is 0 Å². The van der Waals surface area contributed by atoms with Crippen molar-refractivity contribution >= 4 is 11.7 Å². The monoisotopic (exact) mass is 271 g/mol. The van der Waals surface area contributed by atoms with Gasteiger partial charge in [-0.3, -0.25) is 4.79 Å². The summed E-state index contributed by atoms with van der Waals surface area (Å²) in [6, 6.07) is 0. The van der Waals surface area contributed by atoms with Gasteiger partial charge in [0.1, 0.15) is 5.54 Å². The molecule has 1 rings (SSSR count). The Morgan fingerprint density at radius 2 is 2.11 bits per heavy atom. The number of ether oxygens (including phenoxy) is 1. The highest BCUT2D eigenvalue weighted by molar-refractivity contribution is 5.94. The third kappa shape index (κ3) is 4.70. The van der Waals surface area contributed by atoms with Gasteiger partial charge in [0.15, 0.2) is 5.84 Å². The molecule has 0 bridgehead atoms. The summed E-state index contributed by atoms with van der Waals surface area (Å²) >= 11 is 0. The zero-order valence-electron chi connectivity index (χ0n) is 11.7. The van der Waals surface area contributed by atoms with Gasteiger partial charge in [-0.05, 0) is 26.2 Å².